The summed E-state index contributed by atoms with van der Waals surface area (Å²) in [7, 11) is 1.61. The maximum atomic E-state index is 11.3. The van der Waals surface area contributed by atoms with Crippen molar-refractivity contribution in [1.29, 1.82) is 0 Å². The molecule has 0 spiro atoms. The lowest BCUT2D eigenvalue weighted by Gasteiger charge is -2.15. The van der Waals surface area contributed by atoms with Gasteiger partial charge in [-0.25, -0.2) is 0 Å². The lowest BCUT2D eigenvalue weighted by Crippen LogP contribution is -2.45. The van der Waals surface area contributed by atoms with E-state index in [4.69, 9.17) is 15.6 Å². The first-order valence-corrected chi connectivity index (χ1v) is 4.77. The highest BCUT2D eigenvalue weighted by atomic mass is 16.5. The standard InChI is InChI=1S/C9H20N2O3/c1-7(6-12)11-9(13)8(10)4-3-5-14-2/h7-8,12H,3-6,10H2,1-2H3,(H,11,13)/t7-,8?/m0/s1. The molecule has 0 aromatic carbocycles. The number of hydrogen-bond donors (Lipinski definition) is 3. The smallest absolute Gasteiger partial charge is 0.237 e. The van der Waals surface area contributed by atoms with Gasteiger partial charge in [0.2, 0.25) is 5.91 Å². The molecule has 0 fully saturated rings. The summed E-state index contributed by atoms with van der Waals surface area (Å²) in [6.45, 7) is 2.26. The van der Waals surface area contributed by atoms with Crippen LogP contribution in [-0.2, 0) is 9.53 Å². The Balaban J connectivity index is 3.64. The highest BCUT2D eigenvalue weighted by Crippen LogP contribution is 1.95. The number of ether oxygens (including phenoxy) is 1. The van der Waals surface area contributed by atoms with Gasteiger partial charge in [0, 0.05) is 19.8 Å². The minimum Gasteiger partial charge on any atom is -0.394 e. The molecule has 0 saturated heterocycles. The molecule has 0 radical (unpaired) electrons. The van der Waals surface area contributed by atoms with Crippen molar-refractivity contribution in [3.8, 4) is 0 Å². The van der Waals surface area contributed by atoms with Crippen molar-refractivity contribution in [1.82, 2.24) is 5.32 Å². The minimum atomic E-state index is -0.515. The van der Waals surface area contributed by atoms with Crippen LogP contribution in [-0.4, -0.2) is 43.4 Å². The first-order chi connectivity index (χ1) is 6.61. The number of nitrogens with two attached hydrogens (primary N) is 1. The Kier molecular flexibility index (Phi) is 7.37. The van der Waals surface area contributed by atoms with Crippen molar-refractivity contribution in [3.05, 3.63) is 0 Å². The quantitative estimate of drug-likeness (QED) is 0.476. The first-order valence-electron chi connectivity index (χ1n) is 4.77. The molecule has 84 valence electrons. The van der Waals surface area contributed by atoms with E-state index in [0.717, 1.165) is 6.42 Å². The van der Waals surface area contributed by atoms with E-state index in [1.807, 2.05) is 0 Å². The average molecular weight is 204 g/mol. The van der Waals surface area contributed by atoms with E-state index < -0.39 is 6.04 Å². The molecule has 0 aromatic heterocycles. The third-order valence-corrected chi connectivity index (χ3v) is 1.86. The van der Waals surface area contributed by atoms with E-state index in [-0.39, 0.29) is 18.6 Å². The van der Waals surface area contributed by atoms with Crippen LogP contribution in [0.2, 0.25) is 0 Å². The molecule has 5 nitrogen and oxygen atoms in total. The van der Waals surface area contributed by atoms with Crippen LogP contribution in [0.5, 0.6) is 0 Å². The zero-order valence-corrected chi connectivity index (χ0v) is 8.82. The van der Waals surface area contributed by atoms with Crippen LogP contribution in [0.1, 0.15) is 19.8 Å². The van der Waals surface area contributed by atoms with Gasteiger partial charge in [-0.15, -0.1) is 0 Å². The molecule has 0 aliphatic heterocycles. The van der Waals surface area contributed by atoms with Crippen molar-refractivity contribution in [3.63, 3.8) is 0 Å². The highest BCUT2D eigenvalue weighted by molar-refractivity contribution is 5.81. The fourth-order valence-corrected chi connectivity index (χ4v) is 0.974. The maximum absolute atomic E-state index is 11.3. The molecule has 0 aliphatic carbocycles. The van der Waals surface area contributed by atoms with Gasteiger partial charge in [-0.1, -0.05) is 0 Å². The summed E-state index contributed by atoms with van der Waals surface area (Å²) in [6, 6.07) is -0.755. The Morgan fingerprint density at radius 2 is 2.29 bits per heavy atom. The summed E-state index contributed by atoms with van der Waals surface area (Å²) in [6.07, 6.45) is 1.36. The molecule has 0 aromatic rings. The lowest BCUT2D eigenvalue weighted by atomic mass is 10.1. The lowest BCUT2D eigenvalue weighted by molar-refractivity contribution is -0.123. The molecular weight excluding hydrogens is 184 g/mol. The molecule has 4 N–H and O–H groups in total. The molecule has 5 heteroatoms. The van der Waals surface area contributed by atoms with Gasteiger partial charge in [0.25, 0.3) is 0 Å². The van der Waals surface area contributed by atoms with Crippen molar-refractivity contribution in [2.24, 2.45) is 5.73 Å². The molecular formula is C9H20N2O3. The van der Waals surface area contributed by atoms with E-state index in [9.17, 15) is 4.79 Å². The monoisotopic (exact) mass is 204 g/mol. The van der Waals surface area contributed by atoms with Gasteiger partial charge < -0.3 is 20.9 Å². The number of amides is 1. The Hall–Kier alpha value is -0.650. The van der Waals surface area contributed by atoms with Crippen molar-refractivity contribution in [2.45, 2.75) is 31.8 Å². The van der Waals surface area contributed by atoms with Crippen LogP contribution in [0.15, 0.2) is 0 Å². The molecule has 0 saturated carbocycles. The topological polar surface area (TPSA) is 84.6 Å². The average Bonchev–Trinajstić information content (AvgIpc) is 2.17. The maximum Gasteiger partial charge on any atom is 0.237 e. The molecule has 1 unspecified atom stereocenters. The number of carbonyl (C=O) groups excluding carboxylic acids is 1. The predicted octanol–water partition coefficient (Wildman–Crippen LogP) is -0.763. The van der Waals surface area contributed by atoms with Crippen molar-refractivity contribution in [2.75, 3.05) is 20.3 Å². The van der Waals surface area contributed by atoms with Crippen LogP contribution < -0.4 is 11.1 Å². The fourth-order valence-electron chi connectivity index (χ4n) is 0.974. The van der Waals surface area contributed by atoms with E-state index in [1.165, 1.54) is 0 Å². The third-order valence-electron chi connectivity index (χ3n) is 1.86. The molecule has 0 bridgehead atoms. The Bertz CT molecular complexity index is 164. The van der Waals surface area contributed by atoms with Gasteiger partial charge in [-0.2, -0.15) is 0 Å². The summed E-state index contributed by atoms with van der Waals surface area (Å²) in [5.74, 6) is -0.220. The van der Waals surface area contributed by atoms with Gasteiger partial charge in [-0.05, 0) is 19.8 Å². The van der Waals surface area contributed by atoms with Crippen LogP contribution in [0.25, 0.3) is 0 Å². The van der Waals surface area contributed by atoms with E-state index >= 15 is 0 Å². The van der Waals surface area contributed by atoms with E-state index in [0.29, 0.717) is 13.0 Å². The predicted molar refractivity (Wildman–Crippen MR) is 53.8 cm³/mol. The Morgan fingerprint density at radius 1 is 1.64 bits per heavy atom. The summed E-state index contributed by atoms with van der Waals surface area (Å²) < 4.78 is 4.85. The number of methoxy groups -OCH3 is 1. The van der Waals surface area contributed by atoms with Crippen molar-refractivity contribution < 1.29 is 14.6 Å². The van der Waals surface area contributed by atoms with Gasteiger partial charge >= 0.3 is 0 Å². The zero-order chi connectivity index (χ0) is 11.0. The number of hydrogen-bond acceptors (Lipinski definition) is 4. The number of aliphatic hydroxyl groups is 1. The third kappa shape index (κ3) is 5.90. The van der Waals surface area contributed by atoms with Gasteiger partial charge in [0.05, 0.1) is 12.6 Å². The van der Waals surface area contributed by atoms with Gasteiger partial charge in [-0.3, -0.25) is 4.79 Å². The summed E-state index contributed by atoms with van der Waals surface area (Å²) in [5, 5.41) is 11.3. The fraction of sp³-hybridized carbons (Fsp3) is 0.889. The van der Waals surface area contributed by atoms with Crippen LogP contribution >= 0.6 is 0 Å². The normalized spacial score (nSPS) is 14.9. The number of rotatable bonds is 7. The zero-order valence-electron chi connectivity index (χ0n) is 8.82. The first kappa shape index (κ1) is 13.4. The van der Waals surface area contributed by atoms with Crippen molar-refractivity contribution >= 4 is 5.91 Å². The number of nitrogens with one attached hydrogen (secondary N) is 1. The second kappa shape index (κ2) is 7.73. The van der Waals surface area contributed by atoms with Crippen LogP contribution in [0.4, 0.5) is 0 Å². The van der Waals surface area contributed by atoms with Gasteiger partial charge in [0.1, 0.15) is 0 Å². The largest absolute Gasteiger partial charge is 0.394 e. The summed E-state index contributed by atoms with van der Waals surface area (Å²) in [5.41, 5.74) is 5.61. The second-order valence-corrected chi connectivity index (χ2v) is 3.33. The molecule has 1 amide bonds. The molecule has 14 heavy (non-hydrogen) atoms. The van der Waals surface area contributed by atoms with Gasteiger partial charge in [0.15, 0.2) is 0 Å². The molecule has 0 rings (SSSR count). The van der Waals surface area contributed by atoms with E-state index in [1.54, 1.807) is 14.0 Å². The number of aliphatic hydroxyl groups excluding tert-OH is 1. The van der Waals surface area contributed by atoms with Crippen LogP contribution in [0.3, 0.4) is 0 Å². The van der Waals surface area contributed by atoms with E-state index in [2.05, 4.69) is 5.32 Å². The number of carbonyl (C=O) groups is 1. The summed E-state index contributed by atoms with van der Waals surface area (Å²) >= 11 is 0. The molecule has 0 heterocycles. The minimum absolute atomic E-state index is 0.0729. The Labute approximate surface area is 84.6 Å². The Morgan fingerprint density at radius 3 is 2.79 bits per heavy atom. The highest BCUT2D eigenvalue weighted by Gasteiger charge is 2.14. The summed E-state index contributed by atoms with van der Waals surface area (Å²) in [4.78, 5) is 11.3. The molecule has 2 atom stereocenters. The SMILES string of the molecule is COCCCC(N)C(=O)N[C@@H](C)CO. The van der Waals surface area contributed by atoms with Crippen LogP contribution in [0, 0.1) is 0 Å². The second-order valence-electron chi connectivity index (χ2n) is 3.33. The molecule has 0 aliphatic rings.